The van der Waals surface area contributed by atoms with Crippen molar-refractivity contribution in [1.29, 1.82) is 0 Å². The molecule has 10 heteroatoms. The Bertz CT molecular complexity index is 491. The SMILES string of the molecule is O=C(O)c1nc(C(F)F)cc(CBr)c1OC(F)(F)F. The van der Waals surface area contributed by atoms with Gasteiger partial charge in [-0.15, -0.1) is 13.2 Å². The first-order valence-electron chi connectivity index (χ1n) is 4.52. The van der Waals surface area contributed by atoms with Crippen LogP contribution in [0.2, 0.25) is 0 Å². The Labute approximate surface area is 111 Å². The molecule has 106 valence electrons. The normalized spacial score (nSPS) is 11.7. The molecule has 0 aliphatic carbocycles. The van der Waals surface area contributed by atoms with Crippen LogP contribution in [-0.2, 0) is 5.33 Å². The van der Waals surface area contributed by atoms with Crippen molar-refractivity contribution >= 4 is 21.9 Å². The zero-order chi connectivity index (χ0) is 14.8. The fraction of sp³-hybridized carbons (Fsp3) is 0.333. The van der Waals surface area contributed by atoms with Gasteiger partial charge in [0.2, 0.25) is 0 Å². The summed E-state index contributed by atoms with van der Waals surface area (Å²) >= 11 is 2.77. The third-order valence-electron chi connectivity index (χ3n) is 1.86. The maximum Gasteiger partial charge on any atom is 0.573 e. The summed E-state index contributed by atoms with van der Waals surface area (Å²) in [6, 6.07) is 0.646. The Morgan fingerprint density at radius 1 is 1.47 bits per heavy atom. The van der Waals surface area contributed by atoms with E-state index in [4.69, 9.17) is 5.11 Å². The molecule has 0 spiro atoms. The summed E-state index contributed by atoms with van der Waals surface area (Å²) in [6.07, 6.45) is -8.27. The van der Waals surface area contributed by atoms with Crippen LogP contribution >= 0.6 is 15.9 Å². The monoisotopic (exact) mass is 349 g/mol. The molecule has 0 bridgehead atoms. The second-order valence-electron chi connectivity index (χ2n) is 3.17. The minimum Gasteiger partial charge on any atom is -0.476 e. The Hall–Kier alpha value is -1.45. The van der Waals surface area contributed by atoms with Crippen LogP contribution in [0, 0.1) is 0 Å². The van der Waals surface area contributed by atoms with Gasteiger partial charge in [-0.25, -0.2) is 18.6 Å². The molecule has 0 atom stereocenters. The average Bonchev–Trinajstić information content (AvgIpc) is 2.26. The summed E-state index contributed by atoms with van der Waals surface area (Å²) in [4.78, 5) is 13.7. The van der Waals surface area contributed by atoms with E-state index in [1.807, 2.05) is 0 Å². The van der Waals surface area contributed by atoms with Crippen molar-refractivity contribution in [3.8, 4) is 5.75 Å². The van der Waals surface area contributed by atoms with E-state index >= 15 is 0 Å². The van der Waals surface area contributed by atoms with Gasteiger partial charge in [-0.2, -0.15) is 0 Å². The van der Waals surface area contributed by atoms with Crippen molar-refractivity contribution < 1.29 is 36.6 Å². The topological polar surface area (TPSA) is 59.4 Å². The molecule has 0 fully saturated rings. The first-order chi connectivity index (χ1) is 8.65. The lowest BCUT2D eigenvalue weighted by atomic mass is 10.2. The lowest BCUT2D eigenvalue weighted by Gasteiger charge is -2.15. The zero-order valence-corrected chi connectivity index (χ0v) is 10.4. The number of hydrogen-bond acceptors (Lipinski definition) is 3. The fourth-order valence-electron chi connectivity index (χ4n) is 1.19. The van der Waals surface area contributed by atoms with E-state index < -0.39 is 35.9 Å². The van der Waals surface area contributed by atoms with Gasteiger partial charge in [0.1, 0.15) is 5.69 Å². The molecule has 0 aliphatic rings. The number of alkyl halides is 6. The molecule has 1 aromatic rings. The fourth-order valence-corrected chi connectivity index (χ4v) is 1.61. The van der Waals surface area contributed by atoms with Crippen LogP contribution in [0.4, 0.5) is 22.0 Å². The number of hydrogen-bond donors (Lipinski definition) is 1. The third kappa shape index (κ3) is 4.01. The molecule has 19 heavy (non-hydrogen) atoms. The van der Waals surface area contributed by atoms with E-state index in [1.54, 1.807) is 0 Å². The number of ether oxygens (including phenoxy) is 1. The summed E-state index contributed by atoms with van der Waals surface area (Å²) < 4.78 is 64.9. The van der Waals surface area contributed by atoms with Crippen LogP contribution in [-0.4, -0.2) is 22.4 Å². The Morgan fingerprint density at radius 3 is 2.42 bits per heavy atom. The predicted octanol–water partition coefficient (Wildman–Crippen LogP) is 3.51. The largest absolute Gasteiger partial charge is 0.573 e. The van der Waals surface area contributed by atoms with E-state index in [0.717, 1.165) is 0 Å². The highest BCUT2D eigenvalue weighted by Gasteiger charge is 2.35. The van der Waals surface area contributed by atoms with Crippen LogP contribution in [0.25, 0.3) is 0 Å². The quantitative estimate of drug-likeness (QED) is 0.667. The van der Waals surface area contributed by atoms with Crippen molar-refractivity contribution in [2.75, 3.05) is 0 Å². The van der Waals surface area contributed by atoms with E-state index in [2.05, 4.69) is 25.7 Å². The predicted molar refractivity (Wildman–Crippen MR) is 55.5 cm³/mol. The standard InChI is InChI=1S/C9H5BrF5NO3/c10-2-3-1-4(7(11)12)16-5(8(17)18)6(3)19-9(13,14)15/h1,7H,2H2,(H,17,18). The molecule has 0 saturated heterocycles. The maximum absolute atomic E-state index is 12.5. The number of carboxylic acid groups (broad SMARTS) is 1. The molecule has 1 aromatic heterocycles. The number of pyridine rings is 1. The van der Waals surface area contributed by atoms with Crippen LogP contribution < -0.4 is 4.74 Å². The number of carbonyl (C=O) groups is 1. The molecule has 1 N–H and O–H groups in total. The average molecular weight is 350 g/mol. The van der Waals surface area contributed by atoms with Gasteiger partial charge in [-0.3, -0.25) is 0 Å². The molecule has 4 nitrogen and oxygen atoms in total. The van der Waals surface area contributed by atoms with Gasteiger partial charge in [0, 0.05) is 10.9 Å². The Kier molecular flexibility index (Phi) is 4.66. The van der Waals surface area contributed by atoms with E-state index in [0.29, 0.717) is 6.07 Å². The molecule has 0 radical (unpaired) electrons. The van der Waals surface area contributed by atoms with Crippen LogP contribution in [0.15, 0.2) is 6.07 Å². The highest BCUT2D eigenvalue weighted by atomic mass is 79.9. The molecule has 0 saturated carbocycles. The van der Waals surface area contributed by atoms with E-state index in [1.165, 1.54) is 0 Å². The summed E-state index contributed by atoms with van der Waals surface area (Å²) in [6.45, 7) is 0. The van der Waals surface area contributed by atoms with Gasteiger partial charge < -0.3 is 9.84 Å². The summed E-state index contributed by atoms with van der Waals surface area (Å²) in [5, 5.41) is 8.41. The molecule has 1 heterocycles. The number of halogens is 6. The molecule has 0 amide bonds. The van der Waals surface area contributed by atoms with E-state index in [-0.39, 0.29) is 10.9 Å². The van der Waals surface area contributed by atoms with Crippen molar-refractivity contribution in [3.63, 3.8) is 0 Å². The van der Waals surface area contributed by atoms with Crippen LogP contribution in [0.1, 0.15) is 28.2 Å². The van der Waals surface area contributed by atoms with Crippen molar-refractivity contribution in [2.45, 2.75) is 18.1 Å². The molecule has 0 aliphatic heterocycles. The molecule has 1 rings (SSSR count). The number of aromatic nitrogens is 1. The highest BCUT2D eigenvalue weighted by molar-refractivity contribution is 9.08. The van der Waals surface area contributed by atoms with Crippen molar-refractivity contribution in [3.05, 3.63) is 23.0 Å². The first kappa shape index (κ1) is 15.6. The van der Waals surface area contributed by atoms with Gasteiger partial charge >= 0.3 is 12.3 Å². The Morgan fingerprint density at radius 2 is 2.05 bits per heavy atom. The second kappa shape index (κ2) is 5.68. The van der Waals surface area contributed by atoms with E-state index in [9.17, 15) is 26.7 Å². The number of nitrogens with zero attached hydrogens (tertiary/aromatic N) is 1. The molecule has 0 unspecified atom stereocenters. The van der Waals surface area contributed by atoms with Crippen molar-refractivity contribution in [1.82, 2.24) is 4.98 Å². The second-order valence-corrected chi connectivity index (χ2v) is 3.73. The summed E-state index contributed by atoms with van der Waals surface area (Å²) in [5.74, 6) is -3.01. The molecular weight excluding hydrogens is 345 g/mol. The van der Waals surface area contributed by atoms with Gasteiger partial charge in [0.05, 0.1) is 0 Å². The lowest BCUT2D eigenvalue weighted by molar-refractivity contribution is -0.275. The molecular formula is C9H5BrF5NO3. The summed E-state index contributed by atoms with van der Waals surface area (Å²) in [5.41, 5.74) is -2.55. The Balaban J connectivity index is 3.45. The maximum atomic E-state index is 12.5. The van der Waals surface area contributed by atoms with Crippen molar-refractivity contribution in [2.24, 2.45) is 0 Å². The van der Waals surface area contributed by atoms with Gasteiger partial charge in [-0.1, -0.05) is 15.9 Å². The third-order valence-corrected chi connectivity index (χ3v) is 2.46. The zero-order valence-electron chi connectivity index (χ0n) is 8.84. The number of carboxylic acids is 1. The van der Waals surface area contributed by atoms with Gasteiger partial charge in [0.15, 0.2) is 11.4 Å². The minimum absolute atomic E-state index is 0.305. The number of aromatic carboxylic acids is 1. The smallest absolute Gasteiger partial charge is 0.476 e. The van der Waals surface area contributed by atoms with Gasteiger partial charge in [0.25, 0.3) is 6.43 Å². The molecule has 0 aromatic carbocycles. The first-order valence-corrected chi connectivity index (χ1v) is 5.64. The minimum atomic E-state index is -5.16. The lowest BCUT2D eigenvalue weighted by Crippen LogP contribution is -2.21. The number of rotatable bonds is 4. The van der Waals surface area contributed by atoms with Gasteiger partial charge in [-0.05, 0) is 6.07 Å². The highest BCUT2D eigenvalue weighted by Crippen LogP contribution is 2.33. The summed E-state index contributed by atoms with van der Waals surface area (Å²) in [7, 11) is 0. The van der Waals surface area contributed by atoms with Crippen LogP contribution in [0.5, 0.6) is 5.75 Å². The van der Waals surface area contributed by atoms with Crippen LogP contribution in [0.3, 0.4) is 0 Å².